The second-order valence-corrected chi connectivity index (χ2v) is 7.58. The van der Waals surface area contributed by atoms with E-state index >= 15 is 0 Å². The Morgan fingerprint density at radius 3 is 2.93 bits per heavy atom. The number of rotatable bonds is 6. The molecule has 1 aliphatic carbocycles. The second-order valence-electron chi connectivity index (χ2n) is 7.58. The quantitative estimate of drug-likeness (QED) is 0.797. The minimum Gasteiger partial charge on any atom is -0.465 e. The molecule has 4 rings (SSSR count). The summed E-state index contributed by atoms with van der Waals surface area (Å²) in [6, 6.07) is 4.33. The van der Waals surface area contributed by atoms with E-state index in [1.807, 2.05) is 34.7 Å². The number of amides is 1. The summed E-state index contributed by atoms with van der Waals surface area (Å²) in [6.07, 6.45) is 6.83. The number of allylic oxidation sites excluding steroid dienone is 1. The first-order valence-corrected chi connectivity index (χ1v) is 9.93. The first-order chi connectivity index (χ1) is 13.2. The monoisotopic (exact) mass is 368 g/mol. The molecule has 1 aliphatic heterocycles. The third-order valence-corrected chi connectivity index (χ3v) is 5.61. The zero-order valence-corrected chi connectivity index (χ0v) is 16.0. The molecular weight excluding hydrogens is 340 g/mol. The van der Waals surface area contributed by atoms with Crippen molar-refractivity contribution in [1.29, 1.82) is 0 Å². The lowest BCUT2D eigenvalue weighted by atomic mass is 9.91. The van der Waals surface area contributed by atoms with Gasteiger partial charge in [0.1, 0.15) is 11.5 Å². The van der Waals surface area contributed by atoms with Crippen molar-refractivity contribution in [3.8, 4) is 0 Å². The highest BCUT2D eigenvalue weighted by atomic mass is 16.3. The number of aryl methyl sites for hydroxylation is 1. The van der Waals surface area contributed by atoms with Gasteiger partial charge in [-0.15, -0.1) is 6.58 Å². The summed E-state index contributed by atoms with van der Waals surface area (Å²) in [5.74, 6) is 1.98. The fourth-order valence-electron chi connectivity index (χ4n) is 4.20. The highest BCUT2D eigenvalue weighted by Crippen LogP contribution is 2.27. The van der Waals surface area contributed by atoms with E-state index in [-0.39, 0.29) is 5.91 Å². The fourth-order valence-corrected chi connectivity index (χ4v) is 4.20. The molecule has 0 spiro atoms. The Morgan fingerprint density at radius 1 is 1.41 bits per heavy atom. The van der Waals surface area contributed by atoms with E-state index in [0.29, 0.717) is 24.8 Å². The van der Waals surface area contributed by atoms with Gasteiger partial charge < -0.3 is 14.6 Å². The van der Waals surface area contributed by atoms with Crippen LogP contribution in [0.15, 0.2) is 29.2 Å². The third kappa shape index (κ3) is 3.72. The molecule has 0 radical (unpaired) electrons. The predicted molar refractivity (Wildman–Crippen MR) is 104 cm³/mol. The van der Waals surface area contributed by atoms with Crippen molar-refractivity contribution >= 4 is 5.91 Å². The summed E-state index contributed by atoms with van der Waals surface area (Å²) in [5, 5.41) is 8.28. The molecule has 2 aromatic heterocycles. The Bertz CT molecular complexity index is 829. The number of carbonyl (C=O) groups excluding carboxylic acids is 1. The summed E-state index contributed by atoms with van der Waals surface area (Å²) >= 11 is 0. The van der Waals surface area contributed by atoms with Crippen molar-refractivity contribution in [3.63, 3.8) is 0 Å². The maximum absolute atomic E-state index is 13.0. The molecule has 0 aromatic carbocycles. The number of carbonyl (C=O) groups is 1. The number of hydrogen-bond donors (Lipinski definition) is 1. The van der Waals surface area contributed by atoms with Gasteiger partial charge in [-0.2, -0.15) is 5.10 Å². The molecule has 0 saturated carbocycles. The van der Waals surface area contributed by atoms with E-state index in [0.717, 1.165) is 62.3 Å². The Morgan fingerprint density at radius 2 is 2.22 bits per heavy atom. The number of hydrogen-bond acceptors (Lipinski definition) is 4. The molecule has 1 fully saturated rings. The van der Waals surface area contributed by atoms with Gasteiger partial charge in [-0.1, -0.05) is 6.08 Å². The van der Waals surface area contributed by atoms with E-state index in [4.69, 9.17) is 9.52 Å². The van der Waals surface area contributed by atoms with Crippen molar-refractivity contribution in [3.05, 3.63) is 53.3 Å². The van der Waals surface area contributed by atoms with Crippen LogP contribution in [0.4, 0.5) is 0 Å². The van der Waals surface area contributed by atoms with Crippen LogP contribution in [0.3, 0.4) is 0 Å². The number of nitrogens with zero attached hydrogens (tertiary/aromatic N) is 3. The van der Waals surface area contributed by atoms with Gasteiger partial charge in [0.25, 0.3) is 5.91 Å². The van der Waals surface area contributed by atoms with Gasteiger partial charge in [-0.3, -0.25) is 9.48 Å². The minimum atomic E-state index is 0.0915. The van der Waals surface area contributed by atoms with Crippen molar-refractivity contribution < 1.29 is 9.21 Å². The van der Waals surface area contributed by atoms with Crippen molar-refractivity contribution in [2.45, 2.75) is 58.2 Å². The number of nitrogens with one attached hydrogen (secondary N) is 1. The lowest BCUT2D eigenvalue weighted by molar-refractivity contribution is 0.0785. The van der Waals surface area contributed by atoms with Gasteiger partial charge in [0.2, 0.25) is 0 Å². The van der Waals surface area contributed by atoms with Crippen LogP contribution < -0.4 is 5.32 Å². The lowest BCUT2D eigenvalue weighted by Gasteiger charge is -2.24. The number of likely N-dealkylation sites (tertiary alicyclic amines) is 1. The molecule has 3 heterocycles. The Balaban J connectivity index is 1.52. The topological polar surface area (TPSA) is 63.3 Å². The summed E-state index contributed by atoms with van der Waals surface area (Å²) in [4.78, 5) is 15.0. The standard InChI is InChI=1S/C21H28N4O2/c1-3-10-25-19-9-7-16(22-14-17-8-6-15(2)27-17)13-18(19)20(23-25)21(26)24-11-4-5-12-24/h3,6,8,16,22H,1,4-5,7,9-14H2,2H3. The van der Waals surface area contributed by atoms with E-state index in [1.165, 1.54) is 5.69 Å². The molecule has 1 unspecified atom stereocenters. The van der Waals surface area contributed by atoms with E-state index in [9.17, 15) is 4.79 Å². The van der Waals surface area contributed by atoms with Gasteiger partial charge in [-0.05, 0) is 51.2 Å². The Labute approximate surface area is 160 Å². The molecule has 2 aromatic rings. The molecule has 1 atom stereocenters. The Kier molecular flexibility index (Phi) is 5.16. The average molecular weight is 368 g/mol. The number of fused-ring (bicyclic) bond motifs is 1. The second kappa shape index (κ2) is 7.72. The zero-order chi connectivity index (χ0) is 18.8. The first kappa shape index (κ1) is 18.0. The minimum absolute atomic E-state index is 0.0915. The predicted octanol–water partition coefficient (Wildman–Crippen LogP) is 2.85. The largest absolute Gasteiger partial charge is 0.465 e. The van der Waals surface area contributed by atoms with Gasteiger partial charge in [-0.25, -0.2) is 0 Å². The van der Waals surface area contributed by atoms with Crippen LogP contribution in [0.25, 0.3) is 0 Å². The molecule has 0 bridgehead atoms. The molecule has 27 heavy (non-hydrogen) atoms. The van der Waals surface area contributed by atoms with Crippen LogP contribution in [0, 0.1) is 6.92 Å². The van der Waals surface area contributed by atoms with Crippen LogP contribution >= 0.6 is 0 Å². The van der Waals surface area contributed by atoms with E-state index in [2.05, 4.69) is 11.9 Å². The number of aromatic nitrogens is 2. The maximum Gasteiger partial charge on any atom is 0.274 e. The molecule has 1 amide bonds. The maximum atomic E-state index is 13.0. The third-order valence-electron chi connectivity index (χ3n) is 5.61. The van der Waals surface area contributed by atoms with Crippen LogP contribution in [-0.2, 0) is 25.9 Å². The molecule has 6 heteroatoms. The van der Waals surface area contributed by atoms with Gasteiger partial charge in [0, 0.05) is 30.4 Å². The molecular formula is C21H28N4O2. The zero-order valence-electron chi connectivity index (χ0n) is 16.0. The molecule has 1 N–H and O–H groups in total. The molecule has 144 valence electrons. The van der Waals surface area contributed by atoms with Crippen molar-refractivity contribution in [1.82, 2.24) is 20.0 Å². The summed E-state index contributed by atoms with van der Waals surface area (Å²) in [5.41, 5.74) is 2.96. The van der Waals surface area contributed by atoms with Crippen LogP contribution in [-0.4, -0.2) is 39.7 Å². The highest BCUT2D eigenvalue weighted by Gasteiger charge is 2.31. The molecule has 1 saturated heterocycles. The first-order valence-electron chi connectivity index (χ1n) is 9.93. The van der Waals surface area contributed by atoms with Crippen molar-refractivity contribution in [2.24, 2.45) is 0 Å². The normalized spacial score (nSPS) is 19.3. The smallest absolute Gasteiger partial charge is 0.274 e. The average Bonchev–Trinajstić information content (AvgIpc) is 3.40. The summed E-state index contributed by atoms with van der Waals surface area (Å²) < 4.78 is 7.63. The Hall–Kier alpha value is -2.34. The summed E-state index contributed by atoms with van der Waals surface area (Å²) in [6.45, 7) is 8.86. The summed E-state index contributed by atoms with van der Waals surface area (Å²) in [7, 11) is 0. The van der Waals surface area contributed by atoms with Crippen LogP contribution in [0.1, 0.15) is 52.5 Å². The fraction of sp³-hybridized carbons (Fsp3) is 0.524. The van der Waals surface area contributed by atoms with Crippen LogP contribution in [0.2, 0.25) is 0 Å². The van der Waals surface area contributed by atoms with Gasteiger partial charge in [0.15, 0.2) is 5.69 Å². The lowest BCUT2D eigenvalue weighted by Crippen LogP contribution is -2.35. The van der Waals surface area contributed by atoms with Crippen LogP contribution in [0.5, 0.6) is 0 Å². The van der Waals surface area contributed by atoms with Gasteiger partial charge >= 0.3 is 0 Å². The highest BCUT2D eigenvalue weighted by molar-refractivity contribution is 5.94. The SMILES string of the molecule is C=CCn1nc(C(=O)N2CCCC2)c2c1CCC(NCc1ccc(C)o1)C2. The van der Waals surface area contributed by atoms with Crippen molar-refractivity contribution in [2.75, 3.05) is 13.1 Å². The van der Waals surface area contributed by atoms with E-state index in [1.54, 1.807) is 0 Å². The van der Waals surface area contributed by atoms with Gasteiger partial charge in [0.05, 0.1) is 13.1 Å². The molecule has 6 nitrogen and oxygen atoms in total. The number of furan rings is 1. The molecule has 2 aliphatic rings. The van der Waals surface area contributed by atoms with E-state index < -0.39 is 0 Å².